The molecule has 1 unspecified atom stereocenters. The summed E-state index contributed by atoms with van der Waals surface area (Å²) in [5.41, 5.74) is 1.47. The van der Waals surface area contributed by atoms with Crippen molar-refractivity contribution in [2.75, 3.05) is 11.9 Å². The number of carbonyl (C=O) groups is 1. The fraction of sp³-hybridized carbons (Fsp3) is 0.238. The van der Waals surface area contributed by atoms with Crippen LogP contribution in [0.3, 0.4) is 0 Å². The van der Waals surface area contributed by atoms with Crippen LogP contribution in [0.1, 0.15) is 41.4 Å². The first kappa shape index (κ1) is 21.5. The Bertz CT molecular complexity index is 1280. The highest BCUT2D eigenvalue weighted by atomic mass is 32.2. The maximum atomic E-state index is 12.6. The molecule has 0 fully saturated rings. The predicted molar refractivity (Wildman–Crippen MR) is 114 cm³/mol. The summed E-state index contributed by atoms with van der Waals surface area (Å²) in [5.74, 6) is -1.08. The van der Waals surface area contributed by atoms with Gasteiger partial charge in [0.25, 0.3) is 10.0 Å². The van der Waals surface area contributed by atoms with Crippen LogP contribution in [0, 0.1) is 6.92 Å². The normalized spacial score (nSPS) is 12.6. The zero-order valence-electron chi connectivity index (χ0n) is 16.7. The number of nitrogens with one attached hydrogen (secondary N) is 2. The number of fused-ring (bicyclic) bond motifs is 1. The van der Waals surface area contributed by atoms with Crippen LogP contribution in [0.4, 0.5) is 5.69 Å². The Hall–Kier alpha value is -3.17. The standard InChI is InChI=1S/C21H22N2O6S/c1-4-22-30(27,28)19-11-18(24)16-10-12(2)9-15(20(16)29-19)13(3)23-17-8-6-5-7-14(17)21(25)26/h5-11,13,22-23H,4H2,1-3H3,(H,25,26). The van der Waals surface area contributed by atoms with Gasteiger partial charge in [-0.05, 0) is 37.6 Å². The van der Waals surface area contributed by atoms with Crippen molar-refractivity contribution in [3.63, 3.8) is 0 Å². The third-order valence-corrected chi connectivity index (χ3v) is 5.97. The molecule has 0 radical (unpaired) electrons. The Kier molecular flexibility index (Phi) is 5.95. The highest BCUT2D eigenvalue weighted by molar-refractivity contribution is 7.89. The number of hydrogen-bond acceptors (Lipinski definition) is 6. The van der Waals surface area contributed by atoms with Crippen LogP contribution >= 0.6 is 0 Å². The van der Waals surface area contributed by atoms with Crippen LogP contribution in [0.2, 0.25) is 0 Å². The van der Waals surface area contributed by atoms with Crippen molar-refractivity contribution in [1.29, 1.82) is 0 Å². The van der Waals surface area contributed by atoms with E-state index < -0.39 is 32.6 Å². The monoisotopic (exact) mass is 430 g/mol. The lowest BCUT2D eigenvalue weighted by molar-refractivity contribution is 0.0698. The molecule has 3 N–H and O–H groups in total. The van der Waals surface area contributed by atoms with Crippen LogP contribution < -0.4 is 15.5 Å². The number of carboxylic acid groups (broad SMARTS) is 1. The van der Waals surface area contributed by atoms with Gasteiger partial charge in [0, 0.05) is 23.9 Å². The average molecular weight is 430 g/mol. The Morgan fingerprint density at radius 3 is 2.57 bits per heavy atom. The zero-order valence-corrected chi connectivity index (χ0v) is 17.5. The highest BCUT2D eigenvalue weighted by Gasteiger charge is 2.22. The van der Waals surface area contributed by atoms with Crippen molar-refractivity contribution < 1.29 is 22.7 Å². The molecular formula is C21H22N2O6S. The summed E-state index contributed by atoms with van der Waals surface area (Å²) in [6, 6.07) is 10.3. The fourth-order valence-corrected chi connectivity index (χ4v) is 4.21. The lowest BCUT2D eigenvalue weighted by Gasteiger charge is -2.19. The molecule has 2 aromatic carbocycles. The van der Waals surface area contributed by atoms with Gasteiger partial charge in [-0.1, -0.05) is 25.1 Å². The molecule has 0 saturated carbocycles. The first-order valence-electron chi connectivity index (χ1n) is 9.31. The molecule has 0 saturated heterocycles. The van der Waals surface area contributed by atoms with Crippen molar-refractivity contribution in [2.24, 2.45) is 0 Å². The van der Waals surface area contributed by atoms with E-state index in [9.17, 15) is 23.1 Å². The van der Waals surface area contributed by atoms with Gasteiger partial charge in [-0.2, -0.15) is 0 Å². The summed E-state index contributed by atoms with van der Waals surface area (Å²) < 4.78 is 32.7. The summed E-state index contributed by atoms with van der Waals surface area (Å²) in [6.07, 6.45) is 0. The van der Waals surface area contributed by atoms with Crippen molar-refractivity contribution in [3.8, 4) is 0 Å². The molecule has 0 spiro atoms. The van der Waals surface area contributed by atoms with E-state index in [1.54, 1.807) is 44.2 Å². The highest BCUT2D eigenvalue weighted by Crippen LogP contribution is 2.29. The molecule has 0 aliphatic heterocycles. The van der Waals surface area contributed by atoms with Crippen molar-refractivity contribution in [2.45, 2.75) is 31.9 Å². The van der Waals surface area contributed by atoms with Gasteiger partial charge >= 0.3 is 5.97 Å². The van der Waals surface area contributed by atoms with Gasteiger partial charge < -0.3 is 14.8 Å². The Morgan fingerprint density at radius 1 is 1.20 bits per heavy atom. The second kappa shape index (κ2) is 8.29. The van der Waals surface area contributed by atoms with Gasteiger partial charge in [-0.25, -0.2) is 17.9 Å². The SMILES string of the molecule is CCNS(=O)(=O)c1cc(=O)c2cc(C)cc(C(C)Nc3ccccc3C(=O)O)c2o1. The number of sulfonamides is 1. The maximum Gasteiger partial charge on any atom is 0.337 e. The molecule has 1 aromatic heterocycles. The molecular weight excluding hydrogens is 408 g/mol. The lowest BCUT2D eigenvalue weighted by atomic mass is 10.0. The van der Waals surface area contributed by atoms with Crippen molar-refractivity contribution in [1.82, 2.24) is 4.72 Å². The fourth-order valence-electron chi connectivity index (χ4n) is 3.23. The molecule has 3 aromatic rings. The molecule has 8 nitrogen and oxygen atoms in total. The van der Waals surface area contributed by atoms with Crippen molar-refractivity contribution in [3.05, 3.63) is 69.4 Å². The summed E-state index contributed by atoms with van der Waals surface area (Å²) in [5, 5.41) is 12.3. The third-order valence-electron chi connectivity index (χ3n) is 4.57. The van der Waals surface area contributed by atoms with Gasteiger partial charge in [0.05, 0.1) is 17.0 Å². The molecule has 9 heteroatoms. The lowest BCUT2D eigenvalue weighted by Crippen LogP contribution is -2.24. The van der Waals surface area contributed by atoms with E-state index in [1.807, 2.05) is 6.92 Å². The summed E-state index contributed by atoms with van der Waals surface area (Å²) >= 11 is 0. The predicted octanol–water partition coefficient (Wildman–Crippen LogP) is 3.27. The van der Waals surface area contributed by atoms with E-state index in [4.69, 9.17) is 4.42 Å². The molecule has 0 aliphatic carbocycles. The quantitative estimate of drug-likeness (QED) is 0.525. The number of aryl methyl sites for hydroxylation is 1. The molecule has 158 valence electrons. The van der Waals surface area contributed by atoms with Gasteiger partial charge in [-0.15, -0.1) is 0 Å². The molecule has 1 atom stereocenters. The Labute approximate surface area is 173 Å². The number of rotatable bonds is 7. The van der Waals surface area contributed by atoms with Gasteiger partial charge in [0.2, 0.25) is 5.09 Å². The topological polar surface area (TPSA) is 126 Å². The number of benzene rings is 2. The maximum absolute atomic E-state index is 12.6. The van der Waals surface area contributed by atoms with Crippen LogP contribution in [0.15, 0.2) is 56.8 Å². The number of hydrogen-bond donors (Lipinski definition) is 3. The molecule has 0 bridgehead atoms. The minimum Gasteiger partial charge on any atom is -0.478 e. The summed E-state index contributed by atoms with van der Waals surface area (Å²) in [4.78, 5) is 24.1. The minimum absolute atomic E-state index is 0.0955. The molecule has 0 aliphatic rings. The van der Waals surface area contributed by atoms with Gasteiger partial charge in [0.1, 0.15) is 5.58 Å². The van der Waals surface area contributed by atoms with Crippen LogP contribution in [-0.2, 0) is 10.0 Å². The van der Waals surface area contributed by atoms with Crippen LogP contribution in [0.25, 0.3) is 11.0 Å². The zero-order chi connectivity index (χ0) is 22.1. The summed E-state index contributed by atoms with van der Waals surface area (Å²) in [6.45, 7) is 5.36. The van der Waals surface area contributed by atoms with Crippen LogP contribution in [-0.4, -0.2) is 26.0 Å². The van der Waals surface area contributed by atoms with E-state index in [1.165, 1.54) is 6.07 Å². The number of carboxylic acids is 1. The number of anilines is 1. The van der Waals surface area contributed by atoms with Gasteiger partial charge in [0.15, 0.2) is 5.43 Å². The number of para-hydroxylation sites is 1. The Balaban J connectivity index is 2.17. The minimum atomic E-state index is -3.97. The largest absolute Gasteiger partial charge is 0.478 e. The van der Waals surface area contributed by atoms with E-state index in [0.717, 1.165) is 11.6 Å². The second-order valence-corrected chi connectivity index (χ2v) is 8.58. The van der Waals surface area contributed by atoms with Gasteiger partial charge in [-0.3, -0.25) is 4.79 Å². The van der Waals surface area contributed by atoms with Crippen molar-refractivity contribution >= 4 is 32.6 Å². The first-order valence-corrected chi connectivity index (χ1v) is 10.8. The number of aromatic carboxylic acids is 1. The van der Waals surface area contributed by atoms with E-state index in [-0.39, 0.29) is 23.1 Å². The molecule has 1 heterocycles. The van der Waals surface area contributed by atoms with E-state index >= 15 is 0 Å². The van der Waals surface area contributed by atoms with Crippen LogP contribution in [0.5, 0.6) is 0 Å². The summed E-state index contributed by atoms with van der Waals surface area (Å²) in [7, 11) is -3.97. The third kappa shape index (κ3) is 4.22. The smallest absolute Gasteiger partial charge is 0.337 e. The molecule has 30 heavy (non-hydrogen) atoms. The second-order valence-electron chi connectivity index (χ2n) is 6.88. The molecule has 3 rings (SSSR count). The van der Waals surface area contributed by atoms with E-state index in [0.29, 0.717) is 11.3 Å². The van der Waals surface area contributed by atoms with E-state index in [2.05, 4.69) is 10.0 Å². The average Bonchev–Trinajstić information content (AvgIpc) is 2.68. The first-order chi connectivity index (χ1) is 14.1. The Morgan fingerprint density at radius 2 is 1.90 bits per heavy atom. The molecule has 0 amide bonds.